The van der Waals surface area contributed by atoms with Gasteiger partial charge in [-0.2, -0.15) is 4.39 Å². The van der Waals surface area contributed by atoms with Crippen LogP contribution in [-0.4, -0.2) is 15.8 Å². The van der Waals surface area contributed by atoms with Crippen LogP contribution in [0.1, 0.15) is 28.9 Å². The highest BCUT2D eigenvalue weighted by Gasteiger charge is 2.14. The van der Waals surface area contributed by atoms with E-state index in [1.54, 1.807) is 19.1 Å². The van der Waals surface area contributed by atoms with E-state index < -0.39 is 22.8 Å². The summed E-state index contributed by atoms with van der Waals surface area (Å²) in [7, 11) is 0. The van der Waals surface area contributed by atoms with Gasteiger partial charge in [0.25, 0.3) is 11.6 Å². The Kier molecular flexibility index (Phi) is 4.22. The highest BCUT2D eigenvalue weighted by Crippen LogP contribution is 2.19. The third kappa shape index (κ3) is 3.59. The zero-order chi connectivity index (χ0) is 15.4. The van der Waals surface area contributed by atoms with E-state index in [2.05, 4.69) is 10.3 Å². The Morgan fingerprint density at radius 1 is 1.38 bits per heavy atom. The molecule has 0 radical (unpaired) electrons. The number of nitro groups is 1. The predicted molar refractivity (Wildman–Crippen MR) is 73.2 cm³/mol. The Morgan fingerprint density at radius 3 is 2.81 bits per heavy atom. The molecule has 0 aliphatic carbocycles. The number of carbonyl (C=O) groups is 1. The van der Waals surface area contributed by atoms with Gasteiger partial charge in [-0.05, 0) is 18.6 Å². The quantitative estimate of drug-likeness (QED) is 0.532. The molecule has 0 spiro atoms. The van der Waals surface area contributed by atoms with Gasteiger partial charge >= 0.3 is 0 Å². The van der Waals surface area contributed by atoms with E-state index in [0.717, 1.165) is 6.07 Å². The van der Waals surface area contributed by atoms with Crippen molar-refractivity contribution in [3.8, 4) is 0 Å². The van der Waals surface area contributed by atoms with Crippen molar-refractivity contribution < 1.29 is 14.1 Å². The van der Waals surface area contributed by atoms with Crippen LogP contribution in [-0.2, 0) is 0 Å². The fourth-order valence-corrected chi connectivity index (χ4v) is 1.81. The van der Waals surface area contributed by atoms with Crippen LogP contribution in [0.4, 0.5) is 10.1 Å². The summed E-state index contributed by atoms with van der Waals surface area (Å²) >= 11 is 0. The Morgan fingerprint density at radius 2 is 2.14 bits per heavy atom. The number of pyridine rings is 1. The first kappa shape index (κ1) is 14.6. The van der Waals surface area contributed by atoms with Crippen LogP contribution >= 0.6 is 0 Å². The van der Waals surface area contributed by atoms with Gasteiger partial charge in [0.1, 0.15) is 0 Å². The minimum Gasteiger partial charge on any atom is -0.346 e. The van der Waals surface area contributed by atoms with Gasteiger partial charge in [0, 0.05) is 30.0 Å². The molecule has 0 fully saturated rings. The van der Waals surface area contributed by atoms with Crippen molar-refractivity contribution in [2.45, 2.75) is 13.0 Å². The summed E-state index contributed by atoms with van der Waals surface area (Å²) in [5, 5.41) is 13.4. The van der Waals surface area contributed by atoms with Crippen molar-refractivity contribution in [2.24, 2.45) is 0 Å². The van der Waals surface area contributed by atoms with Crippen molar-refractivity contribution in [2.75, 3.05) is 0 Å². The lowest BCUT2D eigenvalue weighted by Crippen LogP contribution is -2.26. The van der Waals surface area contributed by atoms with Crippen LogP contribution in [0.3, 0.4) is 0 Å². The largest absolute Gasteiger partial charge is 0.346 e. The number of carbonyl (C=O) groups excluding carboxylic acids is 1. The minimum absolute atomic E-state index is 0.0523. The fourth-order valence-electron chi connectivity index (χ4n) is 1.81. The third-order valence-corrected chi connectivity index (χ3v) is 2.92. The number of nitrogens with one attached hydrogen (secondary N) is 1. The topological polar surface area (TPSA) is 85.1 Å². The number of halogens is 1. The molecule has 1 aromatic heterocycles. The number of rotatable bonds is 4. The Labute approximate surface area is 119 Å². The summed E-state index contributed by atoms with van der Waals surface area (Å²) in [4.78, 5) is 25.6. The molecule has 108 valence electrons. The number of aromatic nitrogens is 1. The first-order valence-electron chi connectivity index (χ1n) is 6.14. The van der Waals surface area contributed by atoms with Gasteiger partial charge in [-0.3, -0.25) is 14.9 Å². The van der Waals surface area contributed by atoms with Crippen LogP contribution in [0.2, 0.25) is 0 Å². The number of hydrogen-bond acceptors (Lipinski definition) is 4. The number of non-ortho nitro benzene ring substituents is 1. The molecule has 0 bridgehead atoms. The summed E-state index contributed by atoms with van der Waals surface area (Å²) in [5.74, 6) is -1.22. The smallest absolute Gasteiger partial charge is 0.269 e. The molecule has 1 unspecified atom stereocenters. The number of benzene rings is 1. The molecule has 1 amide bonds. The predicted octanol–water partition coefficient (Wildman–Crippen LogP) is 2.62. The van der Waals surface area contributed by atoms with Gasteiger partial charge in [-0.1, -0.05) is 12.1 Å². The number of nitrogens with zero attached hydrogens (tertiary/aromatic N) is 2. The first-order valence-corrected chi connectivity index (χ1v) is 6.14. The second kappa shape index (κ2) is 6.08. The van der Waals surface area contributed by atoms with E-state index in [9.17, 15) is 19.3 Å². The molecule has 1 N–H and O–H groups in total. The highest BCUT2D eigenvalue weighted by molar-refractivity contribution is 5.94. The molecule has 1 aromatic carbocycles. The van der Waals surface area contributed by atoms with Gasteiger partial charge < -0.3 is 5.32 Å². The lowest BCUT2D eigenvalue weighted by molar-refractivity contribution is -0.384. The Balaban J connectivity index is 2.14. The summed E-state index contributed by atoms with van der Waals surface area (Å²) in [6.45, 7) is 1.69. The fraction of sp³-hybridized carbons (Fsp3) is 0.143. The molecule has 0 saturated heterocycles. The molecule has 0 aliphatic heterocycles. The molecule has 6 nitrogen and oxygen atoms in total. The van der Waals surface area contributed by atoms with Crippen molar-refractivity contribution in [3.63, 3.8) is 0 Å². The maximum absolute atomic E-state index is 13.0. The number of amides is 1. The molecule has 1 heterocycles. The summed E-state index contributed by atoms with van der Waals surface area (Å²) in [5.41, 5.74) is 0.676. The van der Waals surface area contributed by atoms with Crippen LogP contribution in [0, 0.1) is 16.1 Å². The lowest BCUT2D eigenvalue weighted by atomic mass is 10.1. The van der Waals surface area contributed by atoms with Gasteiger partial charge in [-0.15, -0.1) is 0 Å². The maximum atomic E-state index is 13.0. The monoisotopic (exact) mass is 289 g/mol. The van der Waals surface area contributed by atoms with Crippen LogP contribution in [0.5, 0.6) is 0 Å². The molecule has 2 rings (SSSR count). The van der Waals surface area contributed by atoms with Crippen molar-refractivity contribution in [3.05, 3.63) is 69.8 Å². The van der Waals surface area contributed by atoms with Crippen molar-refractivity contribution >= 4 is 11.6 Å². The Hall–Kier alpha value is -2.83. The molecule has 1 atom stereocenters. The van der Waals surface area contributed by atoms with Crippen molar-refractivity contribution in [1.82, 2.24) is 10.3 Å². The van der Waals surface area contributed by atoms with Crippen LogP contribution in [0.15, 0.2) is 42.6 Å². The van der Waals surface area contributed by atoms with Gasteiger partial charge in [0.05, 0.1) is 11.0 Å². The van der Waals surface area contributed by atoms with E-state index in [0.29, 0.717) is 5.56 Å². The number of hydrogen-bond donors (Lipinski definition) is 1. The van der Waals surface area contributed by atoms with Gasteiger partial charge in [0.2, 0.25) is 5.95 Å². The van der Waals surface area contributed by atoms with E-state index >= 15 is 0 Å². The van der Waals surface area contributed by atoms with E-state index in [-0.39, 0.29) is 11.3 Å². The SMILES string of the molecule is CC(NC(=O)c1ccnc(F)c1)c1cccc([N+](=O)[O-])c1. The molecule has 21 heavy (non-hydrogen) atoms. The molecular weight excluding hydrogens is 277 g/mol. The first-order chi connectivity index (χ1) is 9.97. The third-order valence-electron chi connectivity index (χ3n) is 2.92. The maximum Gasteiger partial charge on any atom is 0.269 e. The summed E-state index contributed by atoms with van der Waals surface area (Å²) < 4.78 is 13.0. The van der Waals surface area contributed by atoms with Crippen molar-refractivity contribution in [1.29, 1.82) is 0 Å². The summed E-state index contributed by atoms with van der Waals surface area (Å²) in [6.07, 6.45) is 1.20. The minimum atomic E-state index is -0.745. The van der Waals surface area contributed by atoms with Gasteiger partial charge in [0.15, 0.2) is 0 Å². The molecular formula is C14H12FN3O3. The second-order valence-corrected chi connectivity index (χ2v) is 4.41. The lowest BCUT2D eigenvalue weighted by Gasteiger charge is -2.14. The molecule has 7 heteroatoms. The average Bonchev–Trinajstić information content (AvgIpc) is 2.47. The summed E-state index contributed by atoms with van der Waals surface area (Å²) in [6, 6.07) is 7.93. The van der Waals surface area contributed by atoms with E-state index in [4.69, 9.17) is 0 Å². The Bertz CT molecular complexity index is 691. The second-order valence-electron chi connectivity index (χ2n) is 4.41. The van der Waals surface area contributed by atoms with E-state index in [1.807, 2.05) is 0 Å². The average molecular weight is 289 g/mol. The van der Waals surface area contributed by atoms with Crippen LogP contribution in [0.25, 0.3) is 0 Å². The van der Waals surface area contributed by atoms with Crippen LogP contribution < -0.4 is 5.32 Å². The number of nitro benzene ring substituents is 1. The zero-order valence-corrected chi connectivity index (χ0v) is 11.1. The standard InChI is InChI=1S/C14H12FN3O3/c1-9(10-3-2-4-12(7-10)18(20)21)17-14(19)11-5-6-16-13(15)8-11/h2-9H,1H3,(H,17,19). The molecule has 2 aromatic rings. The van der Waals surface area contributed by atoms with Gasteiger partial charge in [-0.25, -0.2) is 4.98 Å². The zero-order valence-electron chi connectivity index (χ0n) is 11.1. The molecule has 0 aliphatic rings. The molecule has 0 saturated carbocycles. The highest BCUT2D eigenvalue weighted by atomic mass is 19.1. The van der Waals surface area contributed by atoms with E-state index in [1.165, 1.54) is 24.4 Å². The normalized spacial score (nSPS) is 11.7.